The standard InChI is InChI=1S/C19H19IN2O3/c1-25-17-8-7-13(12-16(17)20)18(23)21-15-6-4-5-14(11-15)19(24)22-9-2-3-10-22/h4-8,11-12H,2-3,9-10H2,1H3,(H,21,23). The Bertz CT molecular complexity index is 801. The SMILES string of the molecule is COc1ccc(C(=O)Nc2cccc(C(=O)N3CCCC3)c2)cc1I. The molecule has 1 aliphatic rings. The summed E-state index contributed by atoms with van der Waals surface area (Å²) in [4.78, 5) is 26.8. The average Bonchev–Trinajstić information content (AvgIpc) is 3.16. The molecular formula is C19H19IN2O3. The van der Waals surface area contributed by atoms with Crippen molar-refractivity contribution in [2.75, 3.05) is 25.5 Å². The molecule has 0 aliphatic carbocycles. The van der Waals surface area contributed by atoms with Gasteiger partial charge in [-0.3, -0.25) is 9.59 Å². The van der Waals surface area contributed by atoms with Crippen molar-refractivity contribution in [3.05, 3.63) is 57.2 Å². The molecule has 0 bridgehead atoms. The van der Waals surface area contributed by atoms with E-state index in [2.05, 4.69) is 27.9 Å². The number of rotatable bonds is 4. The largest absolute Gasteiger partial charge is 0.496 e. The van der Waals surface area contributed by atoms with Crippen LogP contribution in [0.1, 0.15) is 33.6 Å². The van der Waals surface area contributed by atoms with Crippen molar-refractivity contribution in [1.29, 1.82) is 0 Å². The third kappa shape index (κ3) is 4.12. The lowest BCUT2D eigenvalue weighted by molar-refractivity contribution is 0.0792. The predicted octanol–water partition coefficient (Wildman–Crippen LogP) is 3.79. The first-order valence-corrected chi connectivity index (χ1v) is 9.20. The summed E-state index contributed by atoms with van der Waals surface area (Å²) >= 11 is 2.13. The van der Waals surface area contributed by atoms with E-state index in [1.165, 1.54) is 0 Å². The van der Waals surface area contributed by atoms with Gasteiger partial charge in [0.1, 0.15) is 5.75 Å². The van der Waals surface area contributed by atoms with Gasteiger partial charge in [0, 0.05) is 29.9 Å². The number of halogens is 1. The number of anilines is 1. The predicted molar refractivity (Wildman–Crippen MR) is 105 cm³/mol. The van der Waals surface area contributed by atoms with Gasteiger partial charge in [-0.05, 0) is 71.8 Å². The van der Waals surface area contributed by atoms with Crippen LogP contribution in [-0.4, -0.2) is 36.9 Å². The second-order valence-corrected chi connectivity index (χ2v) is 7.05. The van der Waals surface area contributed by atoms with Gasteiger partial charge in [0.2, 0.25) is 0 Å². The Morgan fingerprint density at radius 3 is 2.52 bits per heavy atom. The van der Waals surface area contributed by atoms with Crippen LogP contribution in [0.3, 0.4) is 0 Å². The van der Waals surface area contributed by atoms with E-state index < -0.39 is 0 Å². The minimum absolute atomic E-state index is 0.0209. The Morgan fingerprint density at radius 1 is 1.08 bits per heavy atom. The van der Waals surface area contributed by atoms with Crippen LogP contribution in [-0.2, 0) is 0 Å². The molecule has 25 heavy (non-hydrogen) atoms. The maximum Gasteiger partial charge on any atom is 0.255 e. The normalized spacial score (nSPS) is 13.6. The van der Waals surface area contributed by atoms with Crippen molar-refractivity contribution in [2.24, 2.45) is 0 Å². The lowest BCUT2D eigenvalue weighted by Gasteiger charge is -2.16. The number of ether oxygens (including phenoxy) is 1. The van der Waals surface area contributed by atoms with E-state index in [0.717, 1.165) is 35.3 Å². The Balaban J connectivity index is 1.74. The van der Waals surface area contributed by atoms with E-state index in [4.69, 9.17) is 4.74 Å². The van der Waals surface area contributed by atoms with Gasteiger partial charge in [-0.2, -0.15) is 0 Å². The summed E-state index contributed by atoms with van der Waals surface area (Å²) in [5.74, 6) is 0.536. The van der Waals surface area contributed by atoms with E-state index >= 15 is 0 Å². The number of nitrogens with one attached hydrogen (secondary N) is 1. The van der Waals surface area contributed by atoms with Gasteiger partial charge in [-0.25, -0.2) is 0 Å². The van der Waals surface area contributed by atoms with Gasteiger partial charge in [0.05, 0.1) is 10.7 Å². The molecule has 1 heterocycles. The summed E-state index contributed by atoms with van der Waals surface area (Å²) in [5, 5.41) is 2.85. The Morgan fingerprint density at radius 2 is 1.84 bits per heavy atom. The Labute approximate surface area is 160 Å². The van der Waals surface area contributed by atoms with Crippen molar-refractivity contribution in [1.82, 2.24) is 4.90 Å². The third-order valence-corrected chi connectivity index (χ3v) is 5.02. The lowest BCUT2D eigenvalue weighted by Crippen LogP contribution is -2.27. The fraction of sp³-hybridized carbons (Fsp3) is 0.263. The highest BCUT2D eigenvalue weighted by Crippen LogP contribution is 2.22. The molecule has 6 heteroatoms. The van der Waals surface area contributed by atoms with Crippen molar-refractivity contribution in [3.63, 3.8) is 0 Å². The van der Waals surface area contributed by atoms with Gasteiger partial charge < -0.3 is 15.0 Å². The second-order valence-electron chi connectivity index (χ2n) is 5.88. The number of methoxy groups -OCH3 is 1. The summed E-state index contributed by atoms with van der Waals surface area (Å²) < 4.78 is 6.07. The van der Waals surface area contributed by atoms with Crippen LogP contribution < -0.4 is 10.1 Å². The molecular weight excluding hydrogens is 431 g/mol. The highest BCUT2D eigenvalue weighted by atomic mass is 127. The summed E-state index contributed by atoms with van der Waals surface area (Å²) in [6.07, 6.45) is 2.11. The number of benzene rings is 2. The van der Waals surface area contributed by atoms with E-state index in [-0.39, 0.29) is 11.8 Å². The first-order valence-electron chi connectivity index (χ1n) is 8.13. The van der Waals surface area contributed by atoms with E-state index in [1.54, 1.807) is 49.6 Å². The number of carbonyl (C=O) groups excluding carboxylic acids is 2. The van der Waals surface area contributed by atoms with Crippen LogP contribution in [0.15, 0.2) is 42.5 Å². The minimum Gasteiger partial charge on any atom is -0.496 e. The first-order chi connectivity index (χ1) is 12.1. The minimum atomic E-state index is -0.216. The first kappa shape index (κ1) is 17.7. The third-order valence-electron chi connectivity index (χ3n) is 4.17. The van der Waals surface area contributed by atoms with Gasteiger partial charge in [-0.1, -0.05) is 6.07 Å². The number of likely N-dealkylation sites (tertiary alicyclic amines) is 1. The number of nitrogens with zero attached hydrogens (tertiary/aromatic N) is 1. The molecule has 2 aromatic rings. The molecule has 0 saturated carbocycles. The number of hydrogen-bond acceptors (Lipinski definition) is 3. The maximum atomic E-state index is 12.5. The molecule has 1 fully saturated rings. The average molecular weight is 450 g/mol. The molecule has 0 unspecified atom stereocenters. The van der Waals surface area contributed by atoms with Crippen molar-refractivity contribution in [3.8, 4) is 5.75 Å². The van der Waals surface area contributed by atoms with E-state index in [0.29, 0.717) is 16.8 Å². The summed E-state index contributed by atoms with van der Waals surface area (Å²) in [5.41, 5.74) is 1.76. The monoisotopic (exact) mass is 450 g/mol. The fourth-order valence-corrected chi connectivity index (χ4v) is 3.58. The zero-order valence-corrected chi connectivity index (χ0v) is 16.1. The zero-order valence-electron chi connectivity index (χ0n) is 13.9. The highest BCUT2D eigenvalue weighted by molar-refractivity contribution is 14.1. The van der Waals surface area contributed by atoms with Crippen molar-refractivity contribution >= 4 is 40.1 Å². The number of amides is 2. The molecule has 5 nitrogen and oxygen atoms in total. The molecule has 2 aromatic carbocycles. The second kappa shape index (κ2) is 7.86. The molecule has 0 atom stereocenters. The molecule has 1 N–H and O–H groups in total. The zero-order chi connectivity index (χ0) is 17.8. The quantitative estimate of drug-likeness (QED) is 0.722. The summed E-state index contributed by atoms with van der Waals surface area (Å²) in [6, 6.07) is 12.3. The van der Waals surface area contributed by atoms with Gasteiger partial charge in [0.25, 0.3) is 11.8 Å². The van der Waals surface area contributed by atoms with Crippen molar-refractivity contribution in [2.45, 2.75) is 12.8 Å². The molecule has 130 valence electrons. The number of hydrogen-bond donors (Lipinski definition) is 1. The summed E-state index contributed by atoms with van der Waals surface area (Å²) in [6.45, 7) is 1.61. The smallest absolute Gasteiger partial charge is 0.255 e. The highest BCUT2D eigenvalue weighted by Gasteiger charge is 2.19. The van der Waals surface area contributed by atoms with Crippen LogP contribution in [0.2, 0.25) is 0 Å². The van der Waals surface area contributed by atoms with Gasteiger partial charge >= 0.3 is 0 Å². The van der Waals surface area contributed by atoms with Crippen LogP contribution in [0.25, 0.3) is 0 Å². The van der Waals surface area contributed by atoms with Gasteiger partial charge in [-0.15, -0.1) is 0 Å². The van der Waals surface area contributed by atoms with Crippen LogP contribution in [0.4, 0.5) is 5.69 Å². The molecule has 2 amide bonds. The molecule has 1 saturated heterocycles. The molecule has 0 aromatic heterocycles. The van der Waals surface area contributed by atoms with Crippen LogP contribution in [0.5, 0.6) is 5.75 Å². The molecule has 3 rings (SSSR count). The van der Waals surface area contributed by atoms with Gasteiger partial charge in [0.15, 0.2) is 0 Å². The fourth-order valence-electron chi connectivity index (χ4n) is 2.84. The number of carbonyl (C=O) groups is 2. The van der Waals surface area contributed by atoms with E-state index in [1.807, 2.05) is 4.90 Å². The molecule has 1 aliphatic heterocycles. The van der Waals surface area contributed by atoms with Crippen LogP contribution in [0, 0.1) is 3.57 Å². The van der Waals surface area contributed by atoms with Crippen molar-refractivity contribution < 1.29 is 14.3 Å². The Hall–Kier alpha value is -2.09. The molecule has 0 radical (unpaired) electrons. The summed E-state index contributed by atoms with van der Waals surface area (Å²) in [7, 11) is 1.60. The Kier molecular flexibility index (Phi) is 5.57. The molecule has 0 spiro atoms. The van der Waals surface area contributed by atoms with E-state index in [9.17, 15) is 9.59 Å². The van der Waals surface area contributed by atoms with Crippen LogP contribution >= 0.6 is 22.6 Å². The topological polar surface area (TPSA) is 58.6 Å². The maximum absolute atomic E-state index is 12.5. The lowest BCUT2D eigenvalue weighted by atomic mass is 10.1.